The van der Waals surface area contributed by atoms with Crippen molar-refractivity contribution in [2.75, 3.05) is 0 Å². The van der Waals surface area contributed by atoms with E-state index in [9.17, 15) is 0 Å². The molecule has 4 rings (SSSR count). The lowest BCUT2D eigenvalue weighted by Gasteiger charge is -2.07. The maximum Gasteiger partial charge on any atom is 0.137 e. The standard InChI is InChI=1S/C20H16N2O/c1-2-4-15(5-3-1)14-23-19-8-6-16(7-9-19)18-12-17-10-11-21-20(17)22-13-18/h1-13H,14H2,(H,21,22). The lowest BCUT2D eigenvalue weighted by Crippen LogP contribution is -1.94. The average molecular weight is 300 g/mol. The van der Waals surface area contributed by atoms with Crippen molar-refractivity contribution >= 4 is 11.0 Å². The van der Waals surface area contributed by atoms with Crippen LogP contribution >= 0.6 is 0 Å². The van der Waals surface area contributed by atoms with Crippen LogP contribution in [0.2, 0.25) is 0 Å². The first-order valence-corrected chi connectivity index (χ1v) is 7.59. The van der Waals surface area contributed by atoms with Gasteiger partial charge in [-0.2, -0.15) is 0 Å². The third-order valence-corrected chi connectivity index (χ3v) is 3.84. The minimum atomic E-state index is 0.580. The van der Waals surface area contributed by atoms with Crippen LogP contribution in [0, 0.1) is 0 Å². The summed E-state index contributed by atoms with van der Waals surface area (Å²) in [5, 5.41) is 1.12. The topological polar surface area (TPSA) is 37.9 Å². The Bertz CT molecular complexity index is 911. The first-order valence-electron chi connectivity index (χ1n) is 7.59. The zero-order valence-corrected chi connectivity index (χ0v) is 12.6. The van der Waals surface area contributed by atoms with Crippen LogP contribution in [-0.2, 0) is 6.61 Å². The molecule has 0 unspecified atom stereocenters. The number of H-pyrrole nitrogens is 1. The van der Waals surface area contributed by atoms with Crippen LogP contribution in [0.3, 0.4) is 0 Å². The van der Waals surface area contributed by atoms with Crippen molar-refractivity contribution in [3.63, 3.8) is 0 Å². The molecule has 112 valence electrons. The van der Waals surface area contributed by atoms with Crippen molar-refractivity contribution in [1.82, 2.24) is 9.97 Å². The predicted molar refractivity (Wildman–Crippen MR) is 92.3 cm³/mol. The zero-order valence-electron chi connectivity index (χ0n) is 12.6. The SMILES string of the molecule is c1ccc(COc2ccc(-c3cnc4[nH]ccc4c3)cc2)cc1. The predicted octanol–water partition coefficient (Wildman–Crippen LogP) is 4.81. The highest BCUT2D eigenvalue weighted by atomic mass is 16.5. The fourth-order valence-electron chi connectivity index (χ4n) is 2.58. The molecular weight excluding hydrogens is 284 g/mol. The highest BCUT2D eigenvalue weighted by Crippen LogP contribution is 2.24. The Morgan fingerprint density at radius 3 is 2.52 bits per heavy atom. The van der Waals surface area contributed by atoms with E-state index in [0.29, 0.717) is 6.61 Å². The third-order valence-electron chi connectivity index (χ3n) is 3.84. The summed E-state index contributed by atoms with van der Waals surface area (Å²) in [6, 6.07) is 22.5. The first-order chi connectivity index (χ1) is 11.4. The molecule has 2 heterocycles. The summed E-state index contributed by atoms with van der Waals surface area (Å²) < 4.78 is 5.82. The molecule has 1 N–H and O–H groups in total. The van der Waals surface area contributed by atoms with Gasteiger partial charge in [0.15, 0.2) is 0 Å². The van der Waals surface area contributed by atoms with Gasteiger partial charge < -0.3 is 9.72 Å². The second-order valence-corrected chi connectivity index (χ2v) is 5.44. The van der Waals surface area contributed by atoms with Crippen LogP contribution in [-0.4, -0.2) is 9.97 Å². The van der Waals surface area contributed by atoms with Gasteiger partial charge in [0.05, 0.1) is 0 Å². The molecule has 0 aliphatic rings. The Kier molecular flexibility index (Phi) is 3.53. The van der Waals surface area contributed by atoms with Crippen molar-refractivity contribution < 1.29 is 4.74 Å². The van der Waals surface area contributed by atoms with Gasteiger partial charge in [0.25, 0.3) is 0 Å². The molecule has 0 spiro atoms. The Labute approximate surface area is 134 Å². The molecule has 2 aromatic heterocycles. The van der Waals surface area contributed by atoms with Gasteiger partial charge in [-0.1, -0.05) is 42.5 Å². The fraction of sp³-hybridized carbons (Fsp3) is 0.0500. The van der Waals surface area contributed by atoms with E-state index >= 15 is 0 Å². The van der Waals surface area contributed by atoms with Crippen LogP contribution in [0.5, 0.6) is 5.75 Å². The Hall–Kier alpha value is -3.07. The number of nitrogens with zero attached hydrogens (tertiary/aromatic N) is 1. The molecule has 23 heavy (non-hydrogen) atoms. The number of nitrogens with one attached hydrogen (secondary N) is 1. The van der Waals surface area contributed by atoms with E-state index in [0.717, 1.165) is 27.9 Å². The van der Waals surface area contributed by atoms with E-state index in [1.807, 2.05) is 48.8 Å². The molecule has 0 bridgehead atoms. The highest BCUT2D eigenvalue weighted by Gasteiger charge is 2.02. The van der Waals surface area contributed by atoms with Crippen LogP contribution in [0.1, 0.15) is 5.56 Å². The van der Waals surface area contributed by atoms with Crippen molar-refractivity contribution in [2.45, 2.75) is 6.61 Å². The minimum Gasteiger partial charge on any atom is -0.489 e. The minimum absolute atomic E-state index is 0.580. The summed E-state index contributed by atoms with van der Waals surface area (Å²) in [5.41, 5.74) is 4.31. The van der Waals surface area contributed by atoms with Gasteiger partial charge in [0, 0.05) is 23.3 Å². The molecule has 3 nitrogen and oxygen atoms in total. The summed E-state index contributed by atoms with van der Waals surface area (Å²) >= 11 is 0. The van der Waals surface area contributed by atoms with Crippen molar-refractivity contribution in [3.8, 4) is 16.9 Å². The molecule has 0 radical (unpaired) electrons. The second-order valence-electron chi connectivity index (χ2n) is 5.44. The molecule has 0 saturated carbocycles. The molecule has 0 saturated heterocycles. The number of hydrogen-bond acceptors (Lipinski definition) is 2. The van der Waals surface area contributed by atoms with Crippen molar-refractivity contribution in [1.29, 1.82) is 0 Å². The van der Waals surface area contributed by atoms with Gasteiger partial charge in [0.1, 0.15) is 18.0 Å². The molecule has 0 fully saturated rings. The van der Waals surface area contributed by atoms with Gasteiger partial charge in [0.2, 0.25) is 0 Å². The summed E-state index contributed by atoms with van der Waals surface area (Å²) in [6.07, 6.45) is 3.79. The Morgan fingerprint density at radius 2 is 1.70 bits per heavy atom. The number of aromatic amines is 1. The highest BCUT2D eigenvalue weighted by molar-refractivity contribution is 5.81. The molecule has 0 amide bonds. The molecule has 0 aliphatic carbocycles. The average Bonchev–Trinajstić information content (AvgIpc) is 3.09. The number of fused-ring (bicyclic) bond motifs is 1. The molecule has 4 aromatic rings. The molecule has 2 aromatic carbocycles. The van der Waals surface area contributed by atoms with Gasteiger partial charge in [-0.05, 0) is 35.4 Å². The Morgan fingerprint density at radius 1 is 0.870 bits per heavy atom. The molecule has 0 atom stereocenters. The van der Waals surface area contributed by atoms with Crippen molar-refractivity contribution in [2.24, 2.45) is 0 Å². The van der Waals surface area contributed by atoms with E-state index in [1.165, 1.54) is 5.56 Å². The normalized spacial score (nSPS) is 10.8. The van der Waals surface area contributed by atoms with Gasteiger partial charge >= 0.3 is 0 Å². The lowest BCUT2D eigenvalue weighted by atomic mass is 10.1. The van der Waals surface area contributed by atoms with E-state index < -0.39 is 0 Å². The Balaban J connectivity index is 1.51. The largest absolute Gasteiger partial charge is 0.489 e. The number of aromatic nitrogens is 2. The van der Waals surface area contributed by atoms with Gasteiger partial charge in [-0.15, -0.1) is 0 Å². The van der Waals surface area contributed by atoms with E-state index in [2.05, 4.69) is 40.3 Å². The van der Waals surface area contributed by atoms with E-state index in [4.69, 9.17) is 4.74 Å². The zero-order chi connectivity index (χ0) is 15.5. The number of pyridine rings is 1. The van der Waals surface area contributed by atoms with E-state index in [-0.39, 0.29) is 0 Å². The smallest absolute Gasteiger partial charge is 0.137 e. The first kappa shape index (κ1) is 13.6. The van der Waals surface area contributed by atoms with Crippen molar-refractivity contribution in [3.05, 3.63) is 84.7 Å². The summed E-state index contributed by atoms with van der Waals surface area (Å²) in [7, 11) is 0. The number of ether oxygens (including phenoxy) is 1. The number of rotatable bonds is 4. The van der Waals surface area contributed by atoms with Crippen LogP contribution in [0.15, 0.2) is 79.1 Å². The molecule has 0 aliphatic heterocycles. The lowest BCUT2D eigenvalue weighted by molar-refractivity contribution is 0.306. The van der Waals surface area contributed by atoms with Crippen LogP contribution in [0.25, 0.3) is 22.2 Å². The van der Waals surface area contributed by atoms with E-state index in [1.54, 1.807) is 0 Å². The monoisotopic (exact) mass is 300 g/mol. The van der Waals surface area contributed by atoms with Crippen LogP contribution < -0.4 is 4.74 Å². The van der Waals surface area contributed by atoms with Gasteiger partial charge in [-0.25, -0.2) is 4.98 Å². The summed E-state index contributed by atoms with van der Waals surface area (Å²) in [6.45, 7) is 0.580. The maximum absolute atomic E-state index is 5.82. The third kappa shape index (κ3) is 2.94. The second kappa shape index (κ2) is 5.97. The molecule has 3 heteroatoms. The van der Waals surface area contributed by atoms with Gasteiger partial charge in [-0.3, -0.25) is 0 Å². The summed E-state index contributed by atoms with van der Waals surface area (Å²) in [5.74, 6) is 0.869. The summed E-state index contributed by atoms with van der Waals surface area (Å²) in [4.78, 5) is 7.54. The van der Waals surface area contributed by atoms with Crippen LogP contribution in [0.4, 0.5) is 0 Å². The quantitative estimate of drug-likeness (QED) is 0.587. The number of benzene rings is 2. The maximum atomic E-state index is 5.82. The number of hydrogen-bond donors (Lipinski definition) is 1. The fourth-order valence-corrected chi connectivity index (χ4v) is 2.58. The molecular formula is C20H16N2O.